The van der Waals surface area contributed by atoms with Crippen LogP contribution in [0.5, 0.6) is 0 Å². The molecule has 1 N–H and O–H groups in total. The van der Waals surface area contributed by atoms with Crippen LogP contribution < -0.4 is 0 Å². The number of aliphatic hydroxyl groups is 1. The van der Waals surface area contributed by atoms with Crippen molar-refractivity contribution in [2.75, 3.05) is 6.61 Å². The lowest BCUT2D eigenvalue weighted by Gasteiger charge is -2.29. The molecule has 0 bridgehead atoms. The van der Waals surface area contributed by atoms with Gasteiger partial charge in [0.15, 0.2) is 5.78 Å². The maximum Gasteiger partial charge on any atom is 0.191 e. The van der Waals surface area contributed by atoms with Crippen LogP contribution in [0.2, 0.25) is 5.02 Å². The molecule has 1 aromatic heterocycles. The Balaban J connectivity index is 1.87. The van der Waals surface area contributed by atoms with E-state index in [9.17, 15) is 4.79 Å². The van der Waals surface area contributed by atoms with Crippen molar-refractivity contribution in [2.24, 2.45) is 0 Å². The zero-order valence-corrected chi connectivity index (χ0v) is 13.6. The molecule has 23 heavy (non-hydrogen) atoms. The highest BCUT2D eigenvalue weighted by molar-refractivity contribution is 6.30. The fourth-order valence-corrected chi connectivity index (χ4v) is 3.61. The summed E-state index contributed by atoms with van der Waals surface area (Å²) in [7, 11) is 0. The number of hydrogen-bond donors (Lipinski definition) is 1. The Labute approximate surface area is 140 Å². The summed E-state index contributed by atoms with van der Waals surface area (Å²) in [5, 5.41) is 9.63. The Kier molecular flexibility index (Phi) is 4.74. The third-order valence-electron chi connectivity index (χ3n) is 4.67. The van der Waals surface area contributed by atoms with E-state index in [4.69, 9.17) is 16.7 Å². The van der Waals surface area contributed by atoms with Crippen LogP contribution in [0.3, 0.4) is 0 Å². The molecule has 120 valence electrons. The number of hydrogen-bond acceptors (Lipinski definition) is 4. The number of benzene rings is 1. The van der Waals surface area contributed by atoms with Gasteiger partial charge in [0.1, 0.15) is 12.4 Å². The first-order valence-electron chi connectivity index (χ1n) is 7.84. The molecule has 1 aliphatic rings. The molecule has 1 heterocycles. The van der Waals surface area contributed by atoms with Crippen LogP contribution >= 0.6 is 11.6 Å². The molecule has 1 fully saturated rings. The van der Waals surface area contributed by atoms with Gasteiger partial charge in [-0.15, -0.1) is 0 Å². The zero-order chi connectivity index (χ0) is 16.3. The lowest BCUT2D eigenvalue weighted by Crippen LogP contribution is -2.26. The molecular formula is C18H19ClN2O2. The van der Waals surface area contributed by atoms with Gasteiger partial charge in [-0.2, -0.15) is 0 Å². The smallest absolute Gasteiger partial charge is 0.191 e. The van der Waals surface area contributed by atoms with Crippen molar-refractivity contribution in [3.63, 3.8) is 0 Å². The van der Waals surface area contributed by atoms with Gasteiger partial charge in [0.05, 0.1) is 5.56 Å². The number of ketones is 1. The van der Waals surface area contributed by atoms with E-state index >= 15 is 0 Å². The fourth-order valence-electron chi connectivity index (χ4n) is 3.42. The van der Waals surface area contributed by atoms with Gasteiger partial charge in [0, 0.05) is 29.3 Å². The predicted molar refractivity (Wildman–Crippen MR) is 88.8 cm³/mol. The summed E-state index contributed by atoms with van der Waals surface area (Å²) in [5.74, 6) is 0.364. The molecule has 0 saturated heterocycles. The fraction of sp³-hybridized carbons (Fsp3) is 0.389. The number of Topliss-reactive ketones (excluding diaryl/α,β-unsaturated/α-hetero) is 1. The molecule has 0 aliphatic heterocycles. The summed E-state index contributed by atoms with van der Waals surface area (Å²) in [6.07, 6.45) is 8.30. The van der Waals surface area contributed by atoms with E-state index in [0.29, 0.717) is 5.56 Å². The van der Waals surface area contributed by atoms with Crippen LogP contribution in [-0.4, -0.2) is 27.5 Å². The third-order valence-corrected chi connectivity index (χ3v) is 4.90. The summed E-state index contributed by atoms with van der Waals surface area (Å²) in [5.41, 5.74) is 1.61. The van der Waals surface area contributed by atoms with Crippen LogP contribution in [0, 0.1) is 0 Å². The van der Waals surface area contributed by atoms with Crippen molar-refractivity contribution >= 4 is 17.4 Å². The zero-order valence-electron chi connectivity index (χ0n) is 12.8. The average molecular weight is 331 g/mol. The quantitative estimate of drug-likeness (QED) is 0.854. The molecule has 0 atom stereocenters. The standard InChI is InChI=1S/C18H19ClN2O2/c19-15-5-3-4-14(8-15)18(6-1-2-7-18)9-17-20-10-13(11-21-17)16(23)12-22/h3-5,8,10-11,22H,1-2,6-7,9,12H2. The predicted octanol–water partition coefficient (Wildman–Crippen LogP) is 3.36. The second-order valence-electron chi connectivity index (χ2n) is 6.14. The SMILES string of the molecule is O=C(CO)c1cnc(CC2(c3cccc(Cl)c3)CCCC2)nc1. The molecule has 1 aliphatic carbocycles. The van der Waals surface area contributed by atoms with E-state index in [1.54, 1.807) is 0 Å². The average Bonchev–Trinajstić information content (AvgIpc) is 3.04. The van der Waals surface area contributed by atoms with Crippen LogP contribution in [0.4, 0.5) is 0 Å². The Bertz CT molecular complexity index is 694. The van der Waals surface area contributed by atoms with Gasteiger partial charge in [-0.3, -0.25) is 4.79 Å². The molecule has 0 unspecified atom stereocenters. The number of carbonyl (C=O) groups excluding carboxylic acids is 1. The number of aromatic nitrogens is 2. The summed E-state index contributed by atoms with van der Waals surface area (Å²) >= 11 is 6.17. The van der Waals surface area contributed by atoms with Gasteiger partial charge in [-0.25, -0.2) is 9.97 Å². The lowest BCUT2D eigenvalue weighted by atomic mass is 9.76. The van der Waals surface area contributed by atoms with Gasteiger partial charge >= 0.3 is 0 Å². The molecule has 4 nitrogen and oxygen atoms in total. The van der Waals surface area contributed by atoms with Gasteiger partial charge in [-0.1, -0.05) is 36.6 Å². The maximum absolute atomic E-state index is 11.4. The molecule has 3 rings (SSSR count). The Morgan fingerprint density at radius 2 is 1.91 bits per heavy atom. The van der Waals surface area contributed by atoms with Crippen molar-refractivity contribution in [1.29, 1.82) is 0 Å². The highest BCUT2D eigenvalue weighted by Gasteiger charge is 2.36. The van der Waals surface area contributed by atoms with Crippen molar-refractivity contribution in [2.45, 2.75) is 37.5 Å². The molecule has 0 spiro atoms. The van der Waals surface area contributed by atoms with Gasteiger partial charge in [0.25, 0.3) is 0 Å². The first kappa shape index (κ1) is 16.1. The van der Waals surface area contributed by atoms with Crippen LogP contribution in [0.25, 0.3) is 0 Å². The number of carbonyl (C=O) groups is 1. The van der Waals surface area contributed by atoms with E-state index in [1.165, 1.54) is 30.8 Å². The van der Waals surface area contributed by atoms with E-state index in [0.717, 1.165) is 30.1 Å². The number of aliphatic hydroxyl groups excluding tert-OH is 1. The minimum Gasteiger partial charge on any atom is -0.388 e. The molecule has 1 saturated carbocycles. The number of rotatable bonds is 5. The molecule has 0 amide bonds. The van der Waals surface area contributed by atoms with E-state index in [1.807, 2.05) is 18.2 Å². The van der Waals surface area contributed by atoms with E-state index < -0.39 is 6.61 Å². The summed E-state index contributed by atoms with van der Waals surface area (Å²) in [4.78, 5) is 20.1. The van der Waals surface area contributed by atoms with Gasteiger partial charge in [0.2, 0.25) is 0 Å². The van der Waals surface area contributed by atoms with Crippen molar-refractivity contribution in [1.82, 2.24) is 9.97 Å². The van der Waals surface area contributed by atoms with Crippen molar-refractivity contribution in [3.05, 3.63) is 58.6 Å². The first-order chi connectivity index (χ1) is 11.1. The maximum atomic E-state index is 11.4. The minimum atomic E-state index is -0.519. The highest BCUT2D eigenvalue weighted by atomic mass is 35.5. The highest BCUT2D eigenvalue weighted by Crippen LogP contribution is 2.43. The Morgan fingerprint density at radius 3 is 2.52 bits per heavy atom. The largest absolute Gasteiger partial charge is 0.388 e. The van der Waals surface area contributed by atoms with Crippen LogP contribution in [0.1, 0.15) is 47.4 Å². The van der Waals surface area contributed by atoms with Crippen molar-refractivity contribution in [3.8, 4) is 0 Å². The molecular weight excluding hydrogens is 312 g/mol. The monoisotopic (exact) mass is 330 g/mol. The summed E-state index contributed by atoms with van der Waals surface area (Å²) in [6, 6.07) is 8.04. The van der Waals surface area contributed by atoms with E-state index in [2.05, 4.69) is 16.0 Å². The summed E-state index contributed by atoms with van der Waals surface area (Å²) < 4.78 is 0. The van der Waals surface area contributed by atoms with Gasteiger partial charge < -0.3 is 5.11 Å². The molecule has 5 heteroatoms. The second kappa shape index (κ2) is 6.77. The Morgan fingerprint density at radius 1 is 1.22 bits per heavy atom. The van der Waals surface area contributed by atoms with Gasteiger partial charge in [-0.05, 0) is 30.5 Å². The number of nitrogens with zero attached hydrogens (tertiary/aromatic N) is 2. The minimum absolute atomic E-state index is 0.0212. The Hall–Kier alpha value is -1.78. The molecule has 1 aromatic carbocycles. The topological polar surface area (TPSA) is 63.1 Å². The normalized spacial score (nSPS) is 16.4. The van der Waals surface area contributed by atoms with Crippen LogP contribution in [0.15, 0.2) is 36.7 Å². The summed E-state index contributed by atoms with van der Waals surface area (Å²) in [6.45, 7) is -0.519. The van der Waals surface area contributed by atoms with Crippen LogP contribution in [-0.2, 0) is 11.8 Å². The second-order valence-corrected chi connectivity index (χ2v) is 6.58. The third kappa shape index (κ3) is 3.43. The lowest BCUT2D eigenvalue weighted by molar-refractivity contribution is 0.0903. The molecule has 2 aromatic rings. The molecule has 0 radical (unpaired) electrons. The first-order valence-corrected chi connectivity index (χ1v) is 8.22. The van der Waals surface area contributed by atoms with E-state index in [-0.39, 0.29) is 11.2 Å². The number of halogens is 1. The van der Waals surface area contributed by atoms with Crippen molar-refractivity contribution < 1.29 is 9.90 Å².